The molecule has 1 amide bonds. The van der Waals surface area contributed by atoms with E-state index < -0.39 is 0 Å². The number of halogens is 1. The number of hydrogen-bond acceptors (Lipinski definition) is 2. The Labute approximate surface area is 113 Å². The molecule has 1 saturated heterocycles. The van der Waals surface area contributed by atoms with Crippen LogP contribution in [0.4, 0.5) is 0 Å². The van der Waals surface area contributed by atoms with Crippen molar-refractivity contribution < 1.29 is 4.79 Å². The maximum Gasteiger partial charge on any atom is 0.222 e. The van der Waals surface area contributed by atoms with Crippen LogP contribution in [0.1, 0.15) is 18.4 Å². The normalized spacial score (nSPS) is 17.7. The summed E-state index contributed by atoms with van der Waals surface area (Å²) >= 11 is 6.15. The van der Waals surface area contributed by atoms with Crippen molar-refractivity contribution in [3.63, 3.8) is 0 Å². The van der Waals surface area contributed by atoms with E-state index in [0.29, 0.717) is 0 Å². The van der Waals surface area contributed by atoms with Crippen LogP contribution in [-0.2, 0) is 11.3 Å². The minimum atomic E-state index is 0.174. The number of piperidine rings is 1. The first kappa shape index (κ1) is 13.4. The Balaban J connectivity index is 1.87. The number of carbonyl (C=O) groups excluding carboxylic acids is 1. The topological polar surface area (TPSA) is 32.3 Å². The summed E-state index contributed by atoms with van der Waals surface area (Å²) in [6, 6.07) is 7.95. The molecule has 18 heavy (non-hydrogen) atoms. The molecule has 0 unspecified atom stereocenters. The summed E-state index contributed by atoms with van der Waals surface area (Å²) in [6.07, 6.45) is 1.87. The first-order valence-electron chi connectivity index (χ1n) is 6.38. The van der Waals surface area contributed by atoms with Crippen LogP contribution in [0.3, 0.4) is 0 Å². The van der Waals surface area contributed by atoms with E-state index in [9.17, 15) is 4.79 Å². The lowest BCUT2D eigenvalue weighted by Crippen LogP contribution is -2.39. The molecule has 1 aromatic carbocycles. The zero-order valence-electron chi connectivity index (χ0n) is 10.7. The fraction of sp³-hybridized carbons (Fsp3) is 0.500. The molecule has 1 heterocycles. The van der Waals surface area contributed by atoms with Gasteiger partial charge in [0.1, 0.15) is 0 Å². The fourth-order valence-electron chi connectivity index (χ4n) is 2.42. The zero-order valence-corrected chi connectivity index (χ0v) is 11.4. The van der Waals surface area contributed by atoms with E-state index in [0.717, 1.165) is 43.1 Å². The van der Waals surface area contributed by atoms with E-state index in [2.05, 4.69) is 16.3 Å². The van der Waals surface area contributed by atoms with Crippen LogP contribution in [0.2, 0.25) is 5.02 Å². The molecule has 0 aromatic heterocycles. The van der Waals surface area contributed by atoms with Gasteiger partial charge < -0.3 is 5.32 Å². The highest BCUT2D eigenvalue weighted by Crippen LogP contribution is 2.22. The number of nitrogens with zero attached hydrogens (tertiary/aromatic N) is 1. The summed E-state index contributed by atoms with van der Waals surface area (Å²) in [6.45, 7) is 2.80. The molecule has 1 fully saturated rings. The van der Waals surface area contributed by atoms with Gasteiger partial charge in [-0.3, -0.25) is 9.69 Å². The van der Waals surface area contributed by atoms with Gasteiger partial charge in [-0.1, -0.05) is 29.8 Å². The molecule has 0 saturated carbocycles. The summed E-state index contributed by atoms with van der Waals surface area (Å²) in [5, 5.41) is 3.55. The van der Waals surface area contributed by atoms with E-state index in [1.54, 1.807) is 7.05 Å². The van der Waals surface area contributed by atoms with Gasteiger partial charge >= 0.3 is 0 Å². The highest BCUT2D eigenvalue weighted by molar-refractivity contribution is 6.31. The molecule has 0 bridgehead atoms. The monoisotopic (exact) mass is 266 g/mol. The largest absolute Gasteiger partial charge is 0.359 e. The molecule has 1 aliphatic rings. The summed E-state index contributed by atoms with van der Waals surface area (Å²) in [7, 11) is 1.71. The van der Waals surface area contributed by atoms with Crippen molar-refractivity contribution in [1.29, 1.82) is 0 Å². The van der Waals surface area contributed by atoms with Crippen LogP contribution in [0.15, 0.2) is 24.3 Å². The van der Waals surface area contributed by atoms with Crippen LogP contribution in [0.25, 0.3) is 0 Å². The Morgan fingerprint density at radius 2 is 2.06 bits per heavy atom. The Morgan fingerprint density at radius 1 is 1.39 bits per heavy atom. The number of nitrogens with one attached hydrogen (secondary N) is 1. The van der Waals surface area contributed by atoms with Gasteiger partial charge in [-0.05, 0) is 37.6 Å². The van der Waals surface area contributed by atoms with E-state index in [4.69, 9.17) is 11.6 Å². The Hall–Kier alpha value is -1.06. The van der Waals surface area contributed by atoms with Crippen molar-refractivity contribution in [1.82, 2.24) is 10.2 Å². The maximum atomic E-state index is 11.5. The smallest absolute Gasteiger partial charge is 0.222 e. The highest BCUT2D eigenvalue weighted by Gasteiger charge is 2.24. The van der Waals surface area contributed by atoms with Gasteiger partial charge in [-0.2, -0.15) is 0 Å². The van der Waals surface area contributed by atoms with Crippen LogP contribution < -0.4 is 5.32 Å². The lowest BCUT2D eigenvalue weighted by atomic mass is 9.95. The first-order valence-corrected chi connectivity index (χ1v) is 6.76. The van der Waals surface area contributed by atoms with E-state index in [1.807, 2.05) is 18.2 Å². The standard InChI is InChI=1S/C14H19ClN2O/c1-16-14(18)11-6-8-17(9-7-11)10-12-4-2-3-5-13(12)15/h2-5,11H,6-10H2,1H3,(H,16,18). The van der Waals surface area contributed by atoms with Crippen LogP contribution in [0, 0.1) is 5.92 Å². The van der Waals surface area contributed by atoms with E-state index in [1.165, 1.54) is 0 Å². The predicted molar refractivity (Wildman–Crippen MR) is 73.5 cm³/mol. The van der Waals surface area contributed by atoms with Crippen LogP contribution >= 0.6 is 11.6 Å². The molecule has 0 radical (unpaired) electrons. The molecule has 98 valence electrons. The molecular weight excluding hydrogens is 248 g/mol. The van der Waals surface area contributed by atoms with Crippen molar-refractivity contribution in [3.05, 3.63) is 34.9 Å². The Bertz CT molecular complexity index is 414. The van der Waals surface area contributed by atoms with Crippen molar-refractivity contribution in [2.45, 2.75) is 19.4 Å². The third kappa shape index (κ3) is 3.24. The lowest BCUT2D eigenvalue weighted by molar-refractivity contribution is -0.125. The summed E-state index contributed by atoms with van der Waals surface area (Å²) in [5.41, 5.74) is 1.16. The summed E-state index contributed by atoms with van der Waals surface area (Å²) in [4.78, 5) is 13.9. The number of rotatable bonds is 3. The quantitative estimate of drug-likeness (QED) is 0.911. The highest BCUT2D eigenvalue weighted by atomic mass is 35.5. The fourth-order valence-corrected chi connectivity index (χ4v) is 2.62. The van der Waals surface area contributed by atoms with Gasteiger partial charge in [-0.25, -0.2) is 0 Å². The molecular formula is C14H19ClN2O. The molecule has 4 heteroatoms. The minimum absolute atomic E-state index is 0.174. The van der Waals surface area contributed by atoms with Crippen molar-refractivity contribution in [3.8, 4) is 0 Å². The summed E-state index contributed by atoms with van der Waals surface area (Å²) in [5.74, 6) is 0.352. The third-order valence-corrected chi connectivity index (χ3v) is 3.93. The van der Waals surface area contributed by atoms with Gasteiger partial charge in [0.25, 0.3) is 0 Å². The zero-order chi connectivity index (χ0) is 13.0. The van der Waals surface area contributed by atoms with Crippen LogP contribution in [-0.4, -0.2) is 30.9 Å². The van der Waals surface area contributed by atoms with Gasteiger partial charge in [0, 0.05) is 24.5 Å². The molecule has 3 nitrogen and oxygen atoms in total. The Kier molecular flexibility index (Phi) is 4.61. The van der Waals surface area contributed by atoms with Gasteiger partial charge in [0.15, 0.2) is 0 Å². The number of carbonyl (C=O) groups is 1. The lowest BCUT2D eigenvalue weighted by Gasteiger charge is -2.31. The maximum absolute atomic E-state index is 11.5. The van der Waals surface area contributed by atoms with Gasteiger partial charge in [0.05, 0.1) is 0 Å². The first-order chi connectivity index (χ1) is 8.70. The minimum Gasteiger partial charge on any atom is -0.359 e. The second-order valence-corrected chi connectivity index (χ2v) is 5.16. The molecule has 2 rings (SSSR count). The van der Waals surface area contributed by atoms with Crippen molar-refractivity contribution in [2.24, 2.45) is 5.92 Å². The van der Waals surface area contributed by atoms with Gasteiger partial charge in [0.2, 0.25) is 5.91 Å². The molecule has 0 atom stereocenters. The number of hydrogen-bond donors (Lipinski definition) is 1. The number of benzene rings is 1. The molecule has 0 spiro atoms. The average Bonchev–Trinajstić information content (AvgIpc) is 2.41. The summed E-state index contributed by atoms with van der Waals surface area (Å²) < 4.78 is 0. The van der Waals surface area contributed by atoms with Crippen molar-refractivity contribution >= 4 is 17.5 Å². The van der Waals surface area contributed by atoms with Gasteiger partial charge in [-0.15, -0.1) is 0 Å². The average molecular weight is 267 g/mol. The van der Waals surface area contributed by atoms with Crippen molar-refractivity contribution in [2.75, 3.05) is 20.1 Å². The molecule has 1 aromatic rings. The number of amides is 1. The predicted octanol–water partition coefficient (Wildman–Crippen LogP) is 2.30. The molecule has 0 aliphatic carbocycles. The van der Waals surface area contributed by atoms with E-state index >= 15 is 0 Å². The molecule has 1 N–H and O–H groups in total. The van der Waals surface area contributed by atoms with Crippen LogP contribution in [0.5, 0.6) is 0 Å². The second kappa shape index (κ2) is 6.21. The van der Waals surface area contributed by atoms with E-state index in [-0.39, 0.29) is 11.8 Å². The second-order valence-electron chi connectivity index (χ2n) is 4.76. The molecule has 1 aliphatic heterocycles. The SMILES string of the molecule is CNC(=O)C1CCN(Cc2ccccc2Cl)CC1. The number of likely N-dealkylation sites (tertiary alicyclic amines) is 1. The third-order valence-electron chi connectivity index (χ3n) is 3.56. The Morgan fingerprint density at radius 3 is 2.67 bits per heavy atom.